The fourth-order valence-corrected chi connectivity index (χ4v) is 4.73. The van der Waals surface area contributed by atoms with Crippen LogP contribution in [0.25, 0.3) is 10.4 Å². The first-order chi connectivity index (χ1) is 16.1. The predicted octanol–water partition coefficient (Wildman–Crippen LogP) is 8.69. The minimum atomic E-state index is 1.16. The third-order valence-corrected chi connectivity index (χ3v) is 6.64. The number of nitrogens with zero attached hydrogens (tertiary/aromatic N) is 1. The Morgan fingerprint density at radius 3 is 1.79 bits per heavy atom. The summed E-state index contributed by atoms with van der Waals surface area (Å²) in [7, 11) is 2.76. The van der Waals surface area contributed by atoms with Crippen LogP contribution in [0.4, 0.5) is 17.1 Å². The molecule has 1 atom stereocenters. The lowest BCUT2D eigenvalue weighted by Gasteiger charge is -2.25. The number of anilines is 3. The van der Waals surface area contributed by atoms with E-state index in [0.717, 1.165) is 11.4 Å². The van der Waals surface area contributed by atoms with Crippen molar-refractivity contribution in [2.45, 2.75) is 13.8 Å². The van der Waals surface area contributed by atoms with E-state index in [1.807, 2.05) is 23.5 Å². The number of aryl methyl sites for hydroxylation is 2. The molecule has 1 unspecified atom stereocenters. The highest BCUT2D eigenvalue weighted by molar-refractivity contribution is 7.27. The molecule has 0 spiro atoms. The SMILES string of the molecule is Cc1ccc(-c2ccccc2)s1.Cc1ccc(N(c2ccccc2)c2cccc(P)c2)cc1. The molecule has 33 heavy (non-hydrogen) atoms. The Bertz CT molecular complexity index is 1280. The van der Waals surface area contributed by atoms with Crippen LogP contribution < -0.4 is 10.2 Å². The molecule has 5 rings (SSSR count). The zero-order valence-corrected chi connectivity index (χ0v) is 21.0. The van der Waals surface area contributed by atoms with Gasteiger partial charge in [-0.05, 0) is 73.2 Å². The lowest BCUT2D eigenvalue weighted by Crippen LogP contribution is -2.11. The van der Waals surface area contributed by atoms with E-state index in [2.05, 4.69) is 137 Å². The van der Waals surface area contributed by atoms with Crippen LogP contribution in [-0.2, 0) is 0 Å². The smallest absolute Gasteiger partial charge is 0.0467 e. The van der Waals surface area contributed by atoms with Crippen molar-refractivity contribution in [3.05, 3.63) is 132 Å². The van der Waals surface area contributed by atoms with E-state index in [9.17, 15) is 0 Å². The summed E-state index contributed by atoms with van der Waals surface area (Å²) in [5.41, 5.74) is 6.08. The second-order valence-corrected chi connectivity index (χ2v) is 9.83. The van der Waals surface area contributed by atoms with Crippen molar-refractivity contribution < 1.29 is 0 Å². The molecule has 0 amide bonds. The summed E-state index contributed by atoms with van der Waals surface area (Å²) in [6.45, 7) is 4.25. The Morgan fingerprint density at radius 1 is 0.576 bits per heavy atom. The van der Waals surface area contributed by atoms with Crippen LogP contribution in [0.2, 0.25) is 0 Å². The molecule has 0 aliphatic rings. The number of para-hydroxylation sites is 1. The van der Waals surface area contributed by atoms with Gasteiger partial charge in [0.05, 0.1) is 0 Å². The van der Waals surface area contributed by atoms with Gasteiger partial charge in [0.1, 0.15) is 0 Å². The van der Waals surface area contributed by atoms with E-state index in [0.29, 0.717) is 0 Å². The van der Waals surface area contributed by atoms with Gasteiger partial charge in [0, 0.05) is 26.8 Å². The van der Waals surface area contributed by atoms with Gasteiger partial charge in [-0.25, -0.2) is 0 Å². The maximum Gasteiger partial charge on any atom is 0.0467 e. The molecule has 164 valence electrons. The molecule has 1 nitrogen and oxygen atoms in total. The Kier molecular flexibility index (Phi) is 7.73. The highest BCUT2D eigenvalue weighted by Gasteiger charge is 2.11. The summed E-state index contributed by atoms with van der Waals surface area (Å²) < 4.78 is 0. The van der Waals surface area contributed by atoms with Crippen LogP contribution in [0.1, 0.15) is 10.4 Å². The van der Waals surface area contributed by atoms with Gasteiger partial charge >= 0.3 is 0 Å². The van der Waals surface area contributed by atoms with Gasteiger partial charge in [0.2, 0.25) is 0 Å². The first kappa shape index (κ1) is 23.0. The van der Waals surface area contributed by atoms with Crippen LogP contribution in [0, 0.1) is 13.8 Å². The van der Waals surface area contributed by atoms with E-state index in [1.54, 1.807) is 0 Å². The predicted molar refractivity (Wildman–Crippen MR) is 150 cm³/mol. The largest absolute Gasteiger partial charge is 0.310 e. The highest BCUT2D eigenvalue weighted by atomic mass is 32.1. The molecule has 4 aromatic carbocycles. The topological polar surface area (TPSA) is 3.24 Å². The van der Waals surface area contributed by atoms with Gasteiger partial charge in [-0.3, -0.25) is 0 Å². The molecule has 5 aromatic rings. The van der Waals surface area contributed by atoms with E-state index >= 15 is 0 Å². The van der Waals surface area contributed by atoms with Gasteiger partial charge in [-0.15, -0.1) is 20.6 Å². The van der Waals surface area contributed by atoms with Crippen LogP contribution in [0.3, 0.4) is 0 Å². The number of hydrogen-bond acceptors (Lipinski definition) is 2. The van der Waals surface area contributed by atoms with Crippen molar-refractivity contribution >= 4 is 42.9 Å². The highest BCUT2D eigenvalue weighted by Crippen LogP contribution is 2.34. The second-order valence-electron chi connectivity index (χ2n) is 7.88. The molecule has 0 aliphatic carbocycles. The van der Waals surface area contributed by atoms with Crippen molar-refractivity contribution in [3.8, 4) is 10.4 Å². The van der Waals surface area contributed by atoms with Crippen molar-refractivity contribution in [1.29, 1.82) is 0 Å². The molecule has 1 aromatic heterocycles. The van der Waals surface area contributed by atoms with Gasteiger partial charge < -0.3 is 4.90 Å². The van der Waals surface area contributed by atoms with E-state index in [4.69, 9.17) is 0 Å². The van der Waals surface area contributed by atoms with Crippen LogP contribution in [0.5, 0.6) is 0 Å². The Labute approximate surface area is 203 Å². The van der Waals surface area contributed by atoms with Crippen LogP contribution in [0.15, 0.2) is 121 Å². The first-order valence-corrected chi connectivity index (χ1v) is 12.4. The summed E-state index contributed by atoms with van der Waals surface area (Å²) in [6, 6.07) is 42.4. The van der Waals surface area contributed by atoms with E-state index < -0.39 is 0 Å². The molecule has 0 radical (unpaired) electrons. The average Bonchev–Trinajstić information content (AvgIpc) is 3.29. The zero-order valence-electron chi connectivity index (χ0n) is 19.0. The minimum absolute atomic E-state index is 1.16. The van der Waals surface area contributed by atoms with Crippen LogP contribution in [-0.4, -0.2) is 0 Å². The summed E-state index contributed by atoms with van der Waals surface area (Å²) in [5, 5.41) is 1.18. The Balaban J connectivity index is 0.000000183. The Hall–Kier alpha value is -3.19. The van der Waals surface area contributed by atoms with Gasteiger partial charge in [0.15, 0.2) is 0 Å². The number of rotatable bonds is 4. The average molecular weight is 466 g/mol. The summed E-state index contributed by atoms with van der Waals surface area (Å²) in [4.78, 5) is 4.99. The molecule has 0 N–H and O–H groups in total. The maximum atomic E-state index is 2.76. The van der Waals surface area contributed by atoms with Crippen molar-refractivity contribution in [1.82, 2.24) is 0 Å². The molecule has 0 aliphatic heterocycles. The molecule has 0 saturated heterocycles. The lowest BCUT2D eigenvalue weighted by molar-refractivity contribution is 1.28. The van der Waals surface area contributed by atoms with Gasteiger partial charge in [-0.2, -0.15) is 0 Å². The number of hydrogen-bond donors (Lipinski definition) is 0. The fourth-order valence-electron chi connectivity index (χ4n) is 3.57. The quantitative estimate of drug-likeness (QED) is 0.240. The van der Waals surface area contributed by atoms with E-state index in [-0.39, 0.29) is 0 Å². The molecule has 3 heteroatoms. The first-order valence-electron chi connectivity index (χ1n) is 11.0. The minimum Gasteiger partial charge on any atom is -0.310 e. The van der Waals surface area contributed by atoms with E-state index in [1.165, 1.54) is 31.9 Å². The molecular formula is C30H28NPS. The summed E-state index contributed by atoms with van der Waals surface area (Å²) in [5.74, 6) is 0. The maximum absolute atomic E-state index is 2.76. The zero-order chi connectivity index (χ0) is 23.0. The summed E-state index contributed by atoms with van der Waals surface area (Å²) >= 11 is 1.84. The Morgan fingerprint density at radius 2 is 1.18 bits per heavy atom. The second kappa shape index (κ2) is 11.1. The summed E-state index contributed by atoms with van der Waals surface area (Å²) in [6.07, 6.45) is 0. The molecular weight excluding hydrogens is 437 g/mol. The fraction of sp³-hybridized carbons (Fsp3) is 0.0667. The monoisotopic (exact) mass is 465 g/mol. The van der Waals surface area contributed by atoms with Gasteiger partial charge in [0.25, 0.3) is 0 Å². The van der Waals surface area contributed by atoms with Crippen LogP contribution >= 0.6 is 20.6 Å². The molecule has 1 heterocycles. The third-order valence-electron chi connectivity index (χ3n) is 5.23. The molecule has 0 bridgehead atoms. The normalized spacial score (nSPS) is 10.3. The van der Waals surface area contributed by atoms with Crippen molar-refractivity contribution in [2.75, 3.05) is 4.90 Å². The van der Waals surface area contributed by atoms with Crippen molar-refractivity contribution in [3.63, 3.8) is 0 Å². The number of benzene rings is 4. The lowest BCUT2D eigenvalue weighted by atomic mass is 10.1. The van der Waals surface area contributed by atoms with Crippen molar-refractivity contribution in [2.24, 2.45) is 0 Å². The third kappa shape index (κ3) is 6.20. The number of thiophene rings is 1. The molecule has 0 fully saturated rings. The van der Waals surface area contributed by atoms with Gasteiger partial charge in [-0.1, -0.05) is 78.4 Å². The molecule has 0 saturated carbocycles. The standard InChI is InChI=1S/C19H18NP.C11H10S/c1-15-10-12-17(13-11-15)20(16-6-3-2-4-7-16)18-8-5-9-19(21)14-18;1-9-7-8-11(12-9)10-5-3-2-4-6-10/h2-14H,21H2,1H3;2-8H,1H3.